The van der Waals surface area contributed by atoms with Crippen LogP contribution in [0.25, 0.3) is 5.52 Å². The normalized spacial score (nSPS) is 14.0. The van der Waals surface area contributed by atoms with Crippen LogP contribution in [0.1, 0.15) is 24.2 Å². The lowest BCUT2D eigenvalue weighted by molar-refractivity contribution is -0.131. The number of nitrogens with zero attached hydrogens (tertiary/aromatic N) is 2. The van der Waals surface area contributed by atoms with Crippen molar-refractivity contribution in [3.05, 3.63) is 42.0 Å². The summed E-state index contributed by atoms with van der Waals surface area (Å²) in [6.45, 7) is 3.22. The van der Waals surface area contributed by atoms with Crippen LogP contribution in [0, 0.1) is 5.82 Å². The minimum atomic E-state index is -0.662. The summed E-state index contributed by atoms with van der Waals surface area (Å²) in [6, 6.07) is 3.17. The van der Waals surface area contributed by atoms with Crippen molar-refractivity contribution in [1.82, 2.24) is 9.30 Å². The van der Waals surface area contributed by atoms with E-state index in [4.69, 9.17) is 5.73 Å². The molecule has 0 fully saturated rings. The van der Waals surface area contributed by atoms with Crippen molar-refractivity contribution < 1.29 is 14.0 Å². The second-order valence-electron chi connectivity index (χ2n) is 5.15. The number of ketones is 1. The lowest BCUT2D eigenvalue weighted by Crippen LogP contribution is -2.47. The first-order chi connectivity index (χ1) is 9.82. The molecule has 112 valence electrons. The van der Waals surface area contributed by atoms with Crippen molar-refractivity contribution in [3.63, 3.8) is 0 Å². The van der Waals surface area contributed by atoms with E-state index in [-0.39, 0.29) is 17.5 Å². The Labute approximate surface area is 122 Å². The molecular weight excluding hydrogens is 273 g/mol. The smallest absolute Gasteiger partial charge is 0.239 e. The third kappa shape index (κ3) is 2.80. The Morgan fingerprint density at radius 3 is 2.57 bits per heavy atom. The molecule has 21 heavy (non-hydrogen) atoms. The van der Waals surface area contributed by atoms with E-state index in [1.807, 2.05) is 0 Å². The number of nitrogens with two attached hydrogens (primary N) is 1. The van der Waals surface area contributed by atoms with E-state index < -0.39 is 12.1 Å². The van der Waals surface area contributed by atoms with Crippen LogP contribution in [0.3, 0.4) is 0 Å². The fourth-order valence-electron chi connectivity index (χ4n) is 2.20. The van der Waals surface area contributed by atoms with Crippen LogP contribution in [-0.4, -0.2) is 40.1 Å². The van der Waals surface area contributed by atoms with E-state index in [9.17, 15) is 14.0 Å². The number of amides is 1. The molecule has 0 spiro atoms. The van der Waals surface area contributed by atoms with Crippen molar-refractivity contribution in [2.45, 2.75) is 25.9 Å². The van der Waals surface area contributed by atoms with Crippen LogP contribution in [0.4, 0.5) is 4.39 Å². The highest BCUT2D eigenvalue weighted by atomic mass is 19.1. The van der Waals surface area contributed by atoms with Crippen molar-refractivity contribution >= 4 is 17.2 Å². The molecule has 0 aromatic carbocycles. The van der Waals surface area contributed by atoms with E-state index in [1.54, 1.807) is 43.6 Å². The van der Waals surface area contributed by atoms with Gasteiger partial charge in [-0.05, 0) is 32.0 Å². The van der Waals surface area contributed by atoms with Gasteiger partial charge in [-0.2, -0.15) is 0 Å². The number of fused-ring (bicyclic) bond motifs is 1. The van der Waals surface area contributed by atoms with Crippen LogP contribution in [0.2, 0.25) is 0 Å². The summed E-state index contributed by atoms with van der Waals surface area (Å²) in [5, 5.41) is 0. The number of rotatable bonds is 4. The molecule has 1 unspecified atom stereocenters. The van der Waals surface area contributed by atoms with Gasteiger partial charge in [0, 0.05) is 25.0 Å². The molecule has 0 aliphatic heterocycles. The van der Waals surface area contributed by atoms with Crippen LogP contribution >= 0.6 is 0 Å². The number of aromatic nitrogens is 1. The SMILES string of the molecule is CC(C(=O)c1ccn2cc(F)ccc12)N(C)C(=O)[C@H](C)N. The molecule has 2 atom stereocenters. The van der Waals surface area contributed by atoms with Gasteiger partial charge in [-0.3, -0.25) is 9.59 Å². The Hall–Kier alpha value is -2.21. The fourth-order valence-corrected chi connectivity index (χ4v) is 2.20. The number of carbonyl (C=O) groups excluding carboxylic acids is 2. The Bertz CT molecular complexity index is 693. The van der Waals surface area contributed by atoms with E-state index in [0.717, 1.165) is 0 Å². The minimum absolute atomic E-state index is 0.208. The molecule has 0 bridgehead atoms. The van der Waals surface area contributed by atoms with Crippen LogP contribution < -0.4 is 5.73 Å². The first kappa shape index (κ1) is 15.2. The van der Waals surface area contributed by atoms with Gasteiger partial charge in [-0.1, -0.05) is 0 Å². The highest BCUT2D eigenvalue weighted by molar-refractivity contribution is 6.07. The Balaban J connectivity index is 2.32. The average Bonchev–Trinajstić information content (AvgIpc) is 2.86. The summed E-state index contributed by atoms with van der Waals surface area (Å²) in [4.78, 5) is 25.7. The largest absolute Gasteiger partial charge is 0.334 e. The molecule has 6 heteroatoms. The minimum Gasteiger partial charge on any atom is -0.334 e. The molecule has 2 aromatic heterocycles. The molecule has 2 N–H and O–H groups in total. The monoisotopic (exact) mass is 291 g/mol. The van der Waals surface area contributed by atoms with Gasteiger partial charge in [-0.15, -0.1) is 0 Å². The van der Waals surface area contributed by atoms with E-state index in [2.05, 4.69) is 0 Å². The summed E-state index contributed by atoms with van der Waals surface area (Å²) in [7, 11) is 1.55. The molecule has 5 nitrogen and oxygen atoms in total. The number of hydrogen-bond donors (Lipinski definition) is 1. The van der Waals surface area contributed by atoms with Crippen LogP contribution in [0.15, 0.2) is 30.6 Å². The molecule has 2 aromatic rings. The van der Waals surface area contributed by atoms with E-state index in [0.29, 0.717) is 11.1 Å². The Morgan fingerprint density at radius 2 is 1.95 bits per heavy atom. The summed E-state index contributed by atoms with van der Waals surface area (Å²) < 4.78 is 14.7. The Morgan fingerprint density at radius 1 is 1.29 bits per heavy atom. The topological polar surface area (TPSA) is 67.8 Å². The number of carbonyl (C=O) groups is 2. The van der Waals surface area contributed by atoms with Crippen molar-refractivity contribution in [2.75, 3.05) is 7.05 Å². The van der Waals surface area contributed by atoms with Gasteiger partial charge in [0.2, 0.25) is 5.91 Å². The molecule has 0 saturated carbocycles. The average molecular weight is 291 g/mol. The zero-order chi connectivity index (χ0) is 15.7. The lowest BCUT2D eigenvalue weighted by atomic mass is 10.1. The highest BCUT2D eigenvalue weighted by Gasteiger charge is 2.26. The first-order valence-corrected chi connectivity index (χ1v) is 6.65. The molecule has 0 radical (unpaired) electrons. The predicted octanol–water partition coefficient (Wildman–Crippen LogP) is 1.46. The molecule has 2 rings (SSSR count). The zero-order valence-corrected chi connectivity index (χ0v) is 12.2. The number of likely N-dealkylation sites (N-methyl/N-ethyl adjacent to an activating group) is 1. The molecule has 0 saturated heterocycles. The number of pyridine rings is 1. The molecule has 1 amide bonds. The van der Waals surface area contributed by atoms with Gasteiger partial charge in [0.25, 0.3) is 0 Å². The maximum atomic E-state index is 13.2. The van der Waals surface area contributed by atoms with E-state index in [1.165, 1.54) is 17.2 Å². The molecule has 0 aliphatic rings. The third-order valence-electron chi connectivity index (χ3n) is 3.58. The first-order valence-electron chi connectivity index (χ1n) is 6.65. The highest BCUT2D eigenvalue weighted by Crippen LogP contribution is 2.17. The maximum absolute atomic E-state index is 13.2. The Kier molecular flexibility index (Phi) is 4.09. The van der Waals surface area contributed by atoms with Gasteiger partial charge >= 0.3 is 0 Å². The quantitative estimate of drug-likeness (QED) is 0.867. The van der Waals surface area contributed by atoms with Gasteiger partial charge in [0.05, 0.1) is 17.6 Å². The second kappa shape index (κ2) is 5.65. The molecule has 2 heterocycles. The molecule has 0 aliphatic carbocycles. The number of halogens is 1. The number of Topliss-reactive ketones (excluding diaryl/α,β-unsaturated/α-hetero) is 1. The number of hydrogen-bond acceptors (Lipinski definition) is 3. The summed E-state index contributed by atoms with van der Waals surface area (Å²) in [5.74, 6) is -0.889. The summed E-state index contributed by atoms with van der Waals surface area (Å²) in [5.41, 5.74) is 6.61. The second-order valence-corrected chi connectivity index (χ2v) is 5.15. The van der Waals surface area contributed by atoms with Gasteiger partial charge in [0.1, 0.15) is 5.82 Å². The van der Waals surface area contributed by atoms with Crippen LogP contribution in [-0.2, 0) is 4.79 Å². The summed E-state index contributed by atoms with van der Waals surface area (Å²) >= 11 is 0. The maximum Gasteiger partial charge on any atom is 0.239 e. The van der Waals surface area contributed by atoms with Crippen molar-refractivity contribution in [1.29, 1.82) is 0 Å². The summed E-state index contributed by atoms with van der Waals surface area (Å²) in [6.07, 6.45) is 2.92. The zero-order valence-electron chi connectivity index (χ0n) is 12.2. The van der Waals surface area contributed by atoms with E-state index >= 15 is 0 Å². The van der Waals surface area contributed by atoms with Crippen molar-refractivity contribution in [3.8, 4) is 0 Å². The van der Waals surface area contributed by atoms with Gasteiger partial charge in [-0.25, -0.2) is 4.39 Å². The predicted molar refractivity (Wildman–Crippen MR) is 77.6 cm³/mol. The molecular formula is C15H18FN3O2. The fraction of sp³-hybridized carbons (Fsp3) is 0.333. The van der Waals surface area contributed by atoms with Crippen molar-refractivity contribution in [2.24, 2.45) is 5.73 Å². The van der Waals surface area contributed by atoms with Gasteiger partial charge < -0.3 is 15.0 Å². The standard InChI is InChI=1S/C15H18FN3O2/c1-9(17)15(21)18(3)10(2)14(20)12-6-7-19-8-11(16)4-5-13(12)19/h4-10H,17H2,1-3H3/t9-,10?/m0/s1. The van der Waals surface area contributed by atoms with Crippen LogP contribution in [0.5, 0.6) is 0 Å². The lowest BCUT2D eigenvalue weighted by Gasteiger charge is -2.25. The third-order valence-corrected chi connectivity index (χ3v) is 3.58. The van der Waals surface area contributed by atoms with Gasteiger partial charge in [0.15, 0.2) is 5.78 Å².